The van der Waals surface area contributed by atoms with Crippen molar-refractivity contribution in [2.45, 2.75) is 34.1 Å². The maximum atomic E-state index is 6.21. The summed E-state index contributed by atoms with van der Waals surface area (Å²) in [6, 6.07) is 4.01. The van der Waals surface area contributed by atoms with Crippen molar-refractivity contribution in [3.63, 3.8) is 0 Å². The van der Waals surface area contributed by atoms with E-state index in [0.29, 0.717) is 11.6 Å². The molecule has 0 radical (unpaired) electrons. The first kappa shape index (κ1) is 13.9. The Hall–Kier alpha value is -1.48. The summed E-state index contributed by atoms with van der Waals surface area (Å²) in [6.45, 7) is 8.68. The summed E-state index contributed by atoms with van der Waals surface area (Å²) < 4.78 is 5.83. The van der Waals surface area contributed by atoms with Crippen LogP contribution in [0.15, 0.2) is 12.1 Å². The molecule has 4 heteroatoms. The fourth-order valence-corrected chi connectivity index (χ4v) is 2.66. The number of nitrogens with zero attached hydrogens (tertiary/aromatic N) is 1. The molecule has 1 aromatic heterocycles. The smallest absolute Gasteiger partial charge is 0.140 e. The van der Waals surface area contributed by atoms with Crippen LogP contribution >= 0.6 is 11.6 Å². The molecular weight excluding hydrogens is 260 g/mol. The Morgan fingerprint density at radius 2 is 1.95 bits per heavy atom. The average Bonchev–Trinajstić information content (AvgIpc) is 2.63. The third kappa shape index (κ3) is 3.10. The molecule has 0 spiro atoms. The van der Waals surface area contributed by atoms with Crippen LogP contribution in [0.1, 0.15) is 28.1 Å². The molecule has 3 nitrogen and oxygen atoms in total. The summed E-state index contributed by atoms with van der Waals surface area (Å²) in [5.41, 5.74) is 5.59. The van der Waals surface area contributed by atoms with Gasteiger partial charge in [-0.2, -0.15) is 5.10 Å². The molecule has 0 amide bonds. The lowest BCUT2D eigenvalue weighted by atomic mass is 10.1. The maximum absolute atomic E-state index is 6.21. The minimum Gasteiger partial charge on any atom is -0.491 e. The fraction of sp³-hybridized carbons (Fsp3) is 0.400. The number of hydrogen-bond donors (Lipinski definition) is 1. The molecule has 19 heavy (non-hydrogen) atoms. The summed E-state index contributed by atoms with van der Waals surface area (Å²) in [6.07, 6.45) is 0.831. The van der Waals surface area contributed by atoms with Crippen LogP contribution in [0.2, 0.25) is 5.02 Å². The molecule has 0 aliphatic carbocycles. The lowest BCUT2D eigenvalue weighted by Gasteiger charge is -2.12. The van der Waals surface area contributed by atoms with E-state index in [0.717, 1.165) is 34.7 Å². The minimum atomic E-state index is 0.602. The zero-order valence-corrected chi connectivity index (χ0v) is 12.6. The van der Waals surface area contributed by atoms with E-state index in [4.69, 9.17) is 16.3 Å². The van der Waals surface area contributed by atoms with E-state index in [9.17, 15) is 0 Å². The van der Waals surface area contributed by atoms with Crippen LogP contribution in [0.5, 0.6) is 5.75 Å². The average molecular weight is 279 g/mol. The first-order valence-corrected chi connectivity index (χ1v) is 6.77. The summed E-state index contributed by atoms with van der Waals surface area (Å²) in [7, 11) is 0. The largest absolute Gasteiger partial charge is 0.491 e. The second-order valence-electron chi connectivity index (χ2n) is 4.90. The lowest BCUT2D eigenvalue weighted by molar-refractivity contribution is 0.319. The van der Waals surface area contributed by atoms with Gasteiger partial charge in [0, 0.05) is 12.1 Å². The molecule has 2 aromatic rings. The van der Waals surface area contributed by atoms with Gasteiger partial charge in [0.05, 0.1) is 17.3 Å². The number of H-pyrrole nitrogens is 1. The summed E-state index contributed by atoms with van der Waals surface area (Å²) >= 11 is 6.21. The van der Waals surface area contributed by atoms with Gasteiger partial charge in [-0.3, -0.25) is 5.10 Å². The zero-order valence-electron chi connectivity index (χ0n) is 11.8. The molecule has 1 heterocycles. The number of rotatable bonds is 4. The Morgan fingerprint density at radius 1 is 1.21 bits per heavy atom. The number of nitrogens with one attached hydrogen (secondary N) is 1. The van der Waals surface area contributed by atoms with Crippen LogP contribution in [-0.4, -0.2) is 16.8 Å². The number of halogens is 1. The van der Waals surface area contributed by atoms with Crippen molar-refractivity contribution < 1.29 is 4.74 Å². The Morgan fingerprint density at radius 3 is 2.53 bits per heavy atom. The van der Waals surface area contributed by atoms with Crippen LogP contribution < -0.4 is 4.74 Å². The van der Waals surface area contributed by atoms with Crippen molar-refractivity contribution in [1.82, 2.24) is 10.2 Å². The predicted molar refractivity (Wildman–Crippen MR) is 78.2 cm³/mol. The Bertz CT molecular complexity index is 547. The van der Waals surface area contributed by atoms with Crippen molar-refractivity contribution in [2.24, 2.45) is 0 Å². The topological polar surface area (TPSA) is 37.9 Å². The highest BCUT2D eigenvalue weighted by molar-refractivity contribution is 6.32. The van der Waals surface area contributed by atoms with Crippen LogP contribution in [0.25, 0.3) is 0 Å². The van der Waals surface area contributed by atoms with Gasteiger partial charge in [-0.25, -0.2) is 0 Å². The third-order valence-electron chi connectivity index (χ3n) is 3.25. The Labute approximate surface area is 118 Å². The van der Waals surface area contributed by atoms with Gasteiger partial charge < -0.3 is 4.74 Å². The van der Waals surface area contributed by atoms with Crippen molar-refractivity contribution >= 4 is 11.6 Å². The summed E-state index contributed by atoms with van der Waals surface area (Å²) in [5.74, 6) is 0.783. The van der Waals surface area contributed by atoms with Crippen molar-refractivity contribution in [2.75, 3.05) is 6.61 Å². The molecular formula is C15H19ClN2O. The van der Waals surface area contributed by atoms with Crippen molar-refractivity contribution in [3.05, 3.63) is 45.2 Å². The highest BCUT2D eigenvalue weighted by atomic mass is 35.5. The van der Waals surface area contributed by atoms with E-state index in [1.807, 2.05) is 33.8 Å². The summed E-state index contributed by atoms with van der Waals surface area (Å²) in [4.78, 5) is 0. The number of benzene rings is 1. The van der Waals surface area contributed by atoms with E-state index >= 15 is 0 Å². The summed E-state index contributed by atoms with van der Waals surface area (Å²) in [5, 5.41) is 7.84. The highest BCUT2D eigenvalue weighted by Gasteiger charge is 2.09. The van der Waals surface area contributed by atoms with E-state index in [-0.39, 0.29) is 0 Å². The van der Waals surface area contributed by atoms with E-state index in [1.54, 1.807) is 0 Å². The van der Waals surface area contributed by atoms with Gasteiger partial charge in [-0.05, 0) is 50.5 Å². The fourth-order valence-electron chi connectivity index (χ4n) is 2.28. The molecule has 102 valence electrons. The Balaban J connectivity index is 2.04. The lowest BCUT2D eigenvalue weighted by Crippen LogP contribution is -2.04. The van der Waals surface area contributed by atoms with Crippen LogP contribution in [0.4, 0.5) is 0 Å². The van der Waals surface area contributed by atoms with Gasteiger partial charge in [0.25, 0.3) is 0 Å². The molecule has 2 rings (SSSR count). The van der Waals surface area contributed by atoms with Crippen LogP contribution in [-0.2, 0) is 6.42 Å². The van der Waals surface area contributed by atoms with Crippen LogP contribution in [0.3, 0.4) is 0 Å². The number of ether oxygens (including phenoxy) is 1. The van der Waals surface area contributed by atoms with Gasteiger partial charge in [0.2, 0.25) is 0 Å². The monoisotopic (exact) mass is 278 g/mol. The molecule has 0 bridgehead atoms. The number of aromatic amines is 1. The van der Waals surface area contributed by atoms with E-state index < -0.39 is 0 Å². The zero-order chi connectivity index (χ0) is 14.0. The predicted octanol–water partition coefficient (Wildman–Crippen LogP) is 3.92. The molecule has 0 fully saturated rings. The second kappa shape index (κ2) is 5.66. The van der Waals surface area contributed by atoms with Gasteiger partial charge >= 0.3 is 0 Å². The number of hydrogen-bond acceptors (Lipinski definition) is 2. The molecule has 0 aliphatic heterocycles. The van der Waals surface area contributed by atoms with Gasteiger partial charge in [-0.15, -0.1) is 0 Å². The molecule has 0 unspecified atom stereocenters. The van der Waals surface area contributed by atoms with E-state index in [1.165, 1.54) is 5.56 Å². The quantitative estimate of drug-likeness (QED) is 0.920. The minimum absolute atomic E-state index is 0.602. The first-order chi connectivity index (χ1) is 8.99. The molecule has 1 aromatic carbocycles. The maximum Gasteiger partial charge on any atom is 0.140 e. The van der Waals surface area contributed by atoms with Crippen LogP contribution in [0, 0.1) is 27.7 Å². The standard InChI is InChI=1S/C15H19ClN2O/c1-9-7-10(2)15(14(16)8-9)19-6-5-13-11(3)17-18-12(13)4/h7-8H,5-6H2,1-4H3,(H,17,18). The SMILES string of the molecule is Cc1cc(C)c(OCCc2c(C)n[nH]c2C)c(Cl)c1. The normalized spacial score (nSPS) is 10.8. The van der Waals surface area contributed by atoms with Crippen molar-refractivity contribution in [3.8, 4) is 5.75 Å². The number of aromatic nitrogens is 2. The molecule has 1 N–H and O–H groups in total. The molecule has 0 saturated carbocycles. The molecule has 0 saturated heterocycles. The number of aryl methyl sites for hydroxylation is 4. The van der Waals surface area contributed by atoms with Gasteiger partial charge in [0.1, 0.15) is 5.75 Å². The molecule has 0 aliphatic rings. The second-order valence-corrected chi connectivity index (χ2v) is 5.31. The Kier molecular flexibility index (Phi) is 4.15. The highest BCUT2D eigenvalue weighted by Crippen LogP contribution is 2.29. The first-order valence-electron chi connectivity index (χ1n) is 6.39. The molecule has 0 atom stereocenters. The van der Waals surface area contributed by atoms with E-state index in [2.05, 4.69) is 16.3 Å². The van der Waals surface area contributed by atoms with Crippen molar-refractivity contribution in [1.29, 1.82) is 0 Å². The third-order valence-corrected chi connectivity index (χ3v) is 3.53. The van der Waals surface area contributed by atoms with Gasteiger partial charge in [-0.1, -0.05) is 17.7 Å². The van der Waals surface area contributed by atoms with Gasteiger partial charge in [0.15, 0.2) is 0 Å².